The van der Waals surface area contributed by atoms with Crippen LogP contribution in [0.15, 0.2) is 11.6 Å². The third-order valence-electron chi connectivity index (χ3n) is 3.32. The highest BCUT2D eigenvalue weighted by molar-refractivity contribution is 5.25. The lowest BCUT2D eigenvalue weighted by Gasteiger charge is -2.32. The van der Waals surface area contributed by atoms with Crippen molar-refractivity contribution in [2.24, 2.45) is 0 Å². The molecule has 80 valence electrons. The summed E-state index contributed by atoms with van der Waals surface area (Å²) in [7, 11) is 0. The minimum absolute atomic E-state index is 0.194. The first-order valence-corrected chi connectivity index (χ1v) is 5.35. The predicted octanol–water partition coefficient (Wildman–Crippen LogP) is 3.03. The predicted molar refractivity (Wildman–Crippen MR) is 56.1 cm³/mol. The van der Waals surface area contributed by atoms with Crippen molar-refractivity contribution in [3.05, 3.63) is 11.6 Å². The molecule has 0 amide bonds. The Kier molecular flexibility index (Phi) is 1.90. The van der Waals surface area contributed by atoms with E-state index in [0.717, 1.165) is 12.8 Å². The van der Waals surface area contributed by atoms with Gasteiger partial charge in [0.05, 0.1) is 5.60 Å². The van der Waals surface area contributed by atoms with Crippen LogP contribution in [0, 0.1) is 0 Å². The summed E-state index contributed by atoms with van der Waals surface area (Å²) >= 11 is 0. The average Bonchev–Trinajstić information content (AvgIpc) is 2.35. The van der Waals surface area contributed by atoms with Crippen molar-refractivity contribution in [1.82, 2.24) is 0 Å². The first kappa shape index (κ1) is 10.2. The molecule has 1 atom stereocenters. The standard InChI is InChI=1S/C12H20O2/c1-9-6-7-12(8-9)10(2,3)13-11(4,5)14-12/h8H,6-7H2,1-5H3. The zero-order valence-electron chi connectivity index (χ0n) is 9.81. The zero-order chi connectivity index (χ0) is 10.6. The molecule has 1 unspecified atom stereocenters. The van der Waals surface area contributed by atoms with E-state index >= 15 is 0 Å². The van der Waals surface area contributed by atoms with Gasteiger partial charge in [0.25, 0.3) is 0 Å². The fourth-order valence-corrected chi connectivity index (χ4v) is 2.76. The third kappa shape index (κ3) is 1.32. The Labute approximate surface area is 86.3 Å². The molecular formula is C12H20O2. The van der Waals surface area contributed by atoms with Crippen molar-refractivity contribution < 1.29 is 9.47 Å². The fraction of sp³-hybridized carbons (Fsp3) is 0.833. The first-order valence-electron chi connectivity index (χ1n) is 5.35. The van der Waals surface area contributed by atoms with E-state index in [4.69, 9.17) is 9.47 Å². The smallest absolute Gasteiger partial charge is 0.164 e. The SMILES string of the molecule is CC1=CC2(CC1)OC(C)(C)OC2(C)C. The minimum Gasteiger partial charge on any atom is -0.341 e. The molecule has 0 bridgehead atoms. The van der Waals surface area contributed by atoms with Gasteiger partial charge in [-0.05, 0) is 47.5 Å². The van der Waals surface area contributed by atoms with Crippen LogP contribution in [-0.4, -0.2) is 17.0 Å². The molecule has 1 aliphatic carbocycles. The third-order valence-corrected chi connectivity index (χ3v) is 3.32. The van der Waals surface area contributed by atoms with E-state index in [1.807, 2.05) is 13.8 Å². The molecule has 1 fully saturated rings. The molecule has 2 heteroatoms. The van der Waals surface area contributed by atoms with Crippen LogP contribution < -0.4 is 0 Å². The van der Waals surface area contributed by atoms with Gasteiger partial charge in [-0.1, -0.05) is 11.6 Å². The molecule has 0 aromatic heterocycles. The summed E-state index contributed by atoms with van der Waals surface area (Å²) in [5, 5.41) is 0. The molecule has 14 heavy (non-hydrogen) atoms. The molecule has 0 saturated carbocycles. The largest absolute Gasteiger partial charge is 0.341 e. The van der Waals surface area contributed by atoms with E-state index in [9.17, 15) is 0 Å². The van der Waals surface area contributed by atoms with E-state index < -0.39 is 5.79 Å². The maximum atomic E-state index is 6.08. The lowest BCUT2D eigenvalue weighted by Crippen LogP contribution is -2.44. The van der Waals surface area contributed by atoms with Gasteiger partial charge in [-0.3, -0.25) is 0 Å². The van der Waals surface area contributed by atoms with E-state index in [0.29, 0.717) is 0 Å². The average molecular weight is 196 g/mol. The second-order valence-corrected chi connectivity index (χ2v) is 5.49. The summed E-state index contributed by atoms with van der Waals surface area (Å²) in [4.78, 5) is 0. The Bertz CT molecular complexity index is 289. The Balaban J connectivity index is 2.37. The van der Waals surface area contributed by atoms with E-state index in [1.165, 1.54) is 5.57 Å². The van der Waals surface area contributed by atoms with Crippen LogP contribution >= 0.6 is 0 Å². The number of allylic oxidation sites excluding steroid dienone is 1. The molecule has 1 heterocycles. The van der Waals surface area contributed by atoms with Crippen LogP contribution in [0.2, 0.25) is 0 Å². The van der Waals surface area contributed by atoms with Crippen molar-refractivity contribution >= 4 is 0 Å². The second kappa shape index (κ2) is 2.61. The number of hydrogen-bond donors (Lipinski definition) is 0. The maximum absolute atomic E-state index is 6.08. The Morgan fingerprint density at radius 1 is 1.14 bits per heavy atom. The highest BCUT2D eigenvalue weighted by Crippen LogP contribution is 2.50. The maximum Gasteiger partial charge on any atom is 0.164 e. The van der Waals surface area contributed by atoms with Crippen molar-refractivity contribution in [2.75, 3.05) is 0 Å². The zero-order valence-corrected chi connectivity index (χ0v) is 9.81. The van der Waals surface area contributed by atoms with Gasteiger partial charge < -0.3 is 9.47 Å². The van der Waals surface area contributed by atoms with Gasteiger partial charge in [0.1, 0.15) is 5.60 Å². The lowest BCUT2D eigenvalue weighted by atomic mass is 9.86. The summed E-state index contributed by atoms with van der Waals surface area (Å²) in [6.07, 6.45) is 4.43. The summed E-state index contributed by atoms with van der Waals surface area (Å²) < 4.78 is 12.0. The lowest BCUT2D eigenvalue weighted by molar-refractivity contribution is -0.162. The summed E-state index contributed by atoms with van der Waals surface area (Å²) in [5.74, 6) is -0.454. The van der Waals surface area contributed by atoms with Crippen LogP contribution in [0.25, 0.3) is 0 Å². The normalized spacial score (nSPS) is 39.1. The van der Waals surface area contributed by atoms with Gasteiger partial charge in [0.2, 0.25) is 0 Å². The quantitative estimate of drug-likeness (QED) is 0.554. The molecule has 1 spiro atoms. The molecule has 0 N–H and O–H groups in total. The molecule has 0 aromatic carbocycles. The van der Waals surface area contributed by atoms with E-state index in [-0.39, 0.29) is 11.2 Å². The number of ether oxygens (including phenoxy) is 2. The van der Waals surface area contributed by atoms with E-state index in [2.05, 4.69) is 26.8 Å². The van der Waals surface area contributed by atoms with E-state index in [1.54, 1.807) is 0 Å². The summed E-state index contributed by atoms with van der Waals surface area (Å²) in [6, 6.07) is 0. The number of hydrogen-bond acceptors (Lipinski definition) is 2. The highest BCUT2D eigenvalue weighted by Gasteiger charge is 2.58. The van der Waals surface area contributed by atoms with Crippen molar-refractivity contribution in [1.29, 1.82) is 0 Å². The van der Waals surface area contributed by atoms with Crippen LogP contribution in [0.1, 0.15) is 47.5 Å². The van der Waals surface area contributed by atoms with Gasteiger partial charge >= 0.3 is 0 Å². The van der Waals surface area contributed by atoms with Gasteiger partial charge in [0, 0.05) is 0 Å². The summed E-state index contributed by atoms with van der Waals surface area (Å²) in [6.45, 7) is 10.4. The minimum atomic E-state index is -0.454. The summed E-state index contributed by atoms with van der Waals surface area (Å²) in [5.41, 5.74) is 1.01. The first-order chi connectivity index (χ1) is 6.27. The molecule has 2 aliphatic rings. The molecule has 2 rings (SSSR count). The molecule has 2 nitrogen and oxygen atoms in total. The monoisotopic (exact) mass is 196 g/mol. The Morgan fingerprint density at radius 3 is 2.14 bits per heavy atom. The van der Waals surface area contributed by atoms with Crippen LogP contribution in [0.3, 0.4) is 0 Å². The highest BCUT2D eigenvalue weighted by atomic mass is 16.8. The van der Waals surface area contributed by atoms with Gasteiger partial charge in [-0.15, -0.1) is 0 Å². The molecule has 0 radical (unpaired) electrons. The fourth-order valence-electron chi connectivity index (χ4n) is 2.76. The van der Waals surface area contributed by atoms with Crippen molar-refractivity contribution in [3.63, 3.8) is 0 Å². The molecule has 0 aromatic rings. The molecule has 1 saturated heterocycles. The molecule has 1 aliphatic heterocycles. The van der Waals surface area contributed by atoms with Gasteiger partial charge in [-0.2, -0.15) is 0 Å². The van der Waals surface area contributed by atoms with Crippen LogP contribution in [-0.2, 0) is 9.47 Å². The van der Waals surface area contributed by atoms with Gasteiger partial charge in [-0.25, -0.2) is 0 Å². The number of rotatable bonds is 0. The van der Waals surface area contributed by atoms with Gasteiger partial charge in [0.15, 0.2) is 5.79 Å². The van der Waals surface area contributed by atoms with Crippen LogP contribution in [0.5, 0.6) is 0 Å². The van der Waals surface area contributed by atoms with Crippen molar-refractivity contribution in [3.8, 4) is 0 Å². The Hall–Kier alpha value is -0.340. The van der Waals surface area contributed by atoms with Crippen molar-refractivity contribution in [2.45, 2.75) is 64.4 Å². The Morgan fingerprint density at radius 2 is 1.79 bits per heavy atom. The topological polar surface area (TPSA) is 18.5 Å². The van der Waals surface area contributed by atoms with Crippen LogP contribution in [0.4, 0.5) is 0 Å². The second-order valence-electron chi connectivity index (χ2n) is 5.49. The molecular weight excluding hydrogens is 176 g/mol.